The van der Waals surface area contributed by atoms with Crippen LogP contribution in [-0.4, -0.2) is 0 Å². The Morgan fingerprint density at radius 1 is 1.05 bits per heavy atom. The van der Waals surface area contributed by atoms with Crippen LogP contribution in [0.5, 0.6) is 0 Å². The molecule has 0 aromatic heterocycles. The molecule has 0 amide bonds. The molecule has 3 heteroatoms. The Bertz CT molecular complexity index is 599. The van der Waals surface area contributed by atoms with E-state index in [0.717, 1.165) is 21.7 Å². The normalized spacial score (nSPS) is 12.5. The van der Waals surface area contributed by atoms with Crippen LogP contribution >= 0.6 is 27.5 Å². The van der Waals surface area contributed by atoms with Gasteiger partial charge in [-0.2, -0.15) is 0 Å². The van der Waals surface area contributed by atoms with Gasteiger partial charge < -0.3 is 0 Å². The summed E-state index contributed by atoms with van der Waals surface area (Å²) < 4.78 is 13.7. The van der Waals surface area contributed by atoms with Gasteiger partial charge in [-0.25, -0.2) is 4.39 Å². The van der Waals surface area contributed by atoms with Gasteiger partial charge in [0, 0.05) is 5.02 Å². The minimum atomic E-state index is -0.140. The summed E-state index contributed by atoms with van der Waals surface area (Å²) in [6, 6.07) is 9.69. The van der Waals surface area contributed by atoms with E-state index in [1.807, 2.05) is 37.3 Å². The highest BCUT2D eigenvalue weighted by molar-refractivity contribution is 9.09. The van der Waals surface area contributed by atoms with Crippen LogP contribution in [0.15, 0.2) is 30.3 Å². The van der Waals surface area contributed by atoms with E-state index in [9.17, 15) is 4.39 Å². The van der Waals surface area contributed by atoms with E-state index in [2.05, 4.69) is 15.9 Å². The Balaban J connectivity index is 2.47. The van der Waals surface area contributed by atoms with Gasteiger partial charge in [-0.05, 0) is 54.7 Å². The summed E-state index contributed by atoms with van der Waals surface area (Å²) in [7, 11) is 0. The summed E-state index contributed by atoms with van der Waals surface area (Å²) in [6.07, 6.45) is 0. The standard InChI is InChI=1S/C16H15BrClF/c1-9-4-5-13(14(18)6-9)15(17)12-7-10(2)16(19)11(3)8-12/h4-8,15H,1-3H3. The van der Waals surface area contributed by atoms with Gasteiger partial charge in [0.05, 0.1) is 4.83 Å². The van der Waals surface area contributed by atoms with Crippen LogP contribution in [0.1, 0.15) is 32.6 Å². The minimum Gasteiger partial charge on any atom is -0.206 e. The largest absolute Gasteiger partial charge is 0.206 e. The van der Waals surface area contributed by atoms with E-state index in [4.69, 9.17) is 11.6 Å². The first-order valence-corrected chi connectivity index (χ1v) is 7.36. The zero-order valence-electron chi connectivity index (χ0n) is 11.1. The van der Waals surface area contributed by atoms with Crippen LogP contribution in [-0.2, 0) is 0 Å². The van der Waals surface area contributed by atoms with Crippen LogP contribution in [0.4, 0.5) is 4.39 Å². The second-order valence-corrected chi connectivity index (χ2v) is 6.18. The molecule has 0 bridgehead atoms. The Labute approximate surface area is 126 Å². The zero-order chi connectivity index (χ0) is 14.2. The number of hydrogen-bond donors (Lipinski definition) is 0. The smallest absolute Gasteiger partial charge is 0.129 e. The van der Waals surface area contributed by atoms with E-state index in [0.29, 0.717) is 11.1 Å². The highest BCUT2D eigenvalue weighted by Crippen LogP contribution is 2.36. The Kier molecular flexibility index (Phi) is 4.32. The van der Waals surface area contributed by atoms with E-state index in [1.54, 1.807) is 13.8 Å². The molecule has 0 spiro atoms. The fraction of sp³-hybridized carbons (Fsp3) is 0.250. The minimum absolute atomic E-state index is 0.0291. The second-order valence-electron chi connectivity index (χ2n) is 4.86. The molecule has 0 fully saturated rings. The number of aryl methyl sites for hydroxylation is 3. The first kappa shape index (κ1) is 14.5. The lowest BCUT2D eigenvalue weighted by Gasteiger charge is -2.15. The van der Waals surface area contributed by atoms with Crippen LogP contribution < -0.4 is 0 Å². The average molecular weight is 342 g/mol. The summed E-state index contributed by atoms with van der Waals surface area (Å²) in [5.41, 5.74) is 4.45. The van der Waals surface area contributed by atoms with Crippen molar-refractivity contribution in [3.05, 3.63) is 69.0 Å². The lowest BCUT2D eigenvalue weighted by molar-refractivity contribution is 0.608. The van der Waals surface area contributed by atoms with E-state index >= 15 is 0 Å². The molecule has 0 N–H and O–H groups in total. The molecule has 1 unspecified atom stereocenters. The summed E-state index contributed by atoms with van der Waals surface area (Å²) >= 11 is 9.94. The highest BCUT2D eigenvalue weighted by Gasteiger charge is 2.16. The molecule has 0 saturated heterocycles. The molecule has 0 saturated carbocycles. The first-order valence-electron chi connectivity index (χ1n) is 6.07. The van der Waals surface area contributed by atoms with Crippen LogP contribution in [0, 0.1) is 26.6 Å². The maximum absolute atomic E-state index is 13.7. The number of rotatable bonds is 2. The predicted molar refractivity (Wildman–Crippen MR) is 82.8 cm³/mol. The lowest BCUT2D eigenvalue weighted by Crippen LogP contribution is -1.98. The molecular weight excluding hydrogens is 327 g/mol. The van der Waals surface area contributed by atoms with Crippen LogP contribution in [0.2, 0.25) is 5.02 Å². The highest BCUT2D eigenvalue weighted by atomic mass is 79.9. The SMILES string of the molecule is Cc1ccc(C(Br)c2cc(C)c(F)c(C)c2)c(Cl)c1. The maximum atomic E-state index is 13.7. The maximum Gasteiger partial charge on any atom is 0.129 e. The van der Waals surface area contributed by atoms with Gasteiger partial charge in [-0.3, -0.25) is 0 Å². The van der Waals surface area contributed by atoms with Crippen molar-refractivity contribution in [2.75, 3.05) is 0 Å². The molecular formula is C16H15BrClF. The molecule has 0 heterocycles. The molecule has 100 valence electrons. The fourth-order valence-electron chi connectivity index (χ4n) is 2.14. The van der Waals surface area contributed by atoms with Crippen molar-refractivity contribution in [3.8, 4) is 0 Å². The van der Waals surface area contributed by atoms with Crippen molar-refractivity contribution >= 4 is 27.5 Å². The van der Waals surface area contributed by atoms with Crippen molar-refractivity contribution < 1.29 is 4.39 Å². The van der Waals surface area contributed by atoms with Gasteiger partial charge in [0.15, 0.2) is 0 Å². The summed E-state index contributed by atoms with van der Waals surface area (Å²) in [5, 5.41) is 0.724. The second kappa shape index (κ2) is 5.64. The van der Waals surface area contributed by atoms with Crippen molar-refractivity contribution in [1.29, 1.82) is 0 Å². The van der Waals surface area contributed by atoms with Crippen molar-refractivity contribution in [2.45, 2.75) is 25.6 Å². The molecule has 0 radical (unpaired) electrons. The number of alkyl halides is 1. The summed E-state index contributed by atoms with van der Waals surface area (Å²) in [6.45, 7) is 5.57. The van der Waals surface area contributed by atoms with Crippen LogP contribution in [0.25, 0.3) is 0 Å². The van der Waals surface area contributed by atoms with E-state index in [1.165, 1.54) is 0 Å². The van der Waals surface area contributed by atoms with Crippen molar-refractivity contribution in [3.63, 3.8) is 0 Å². The lowest BCUT2D eigenvalue weighted by atomic mass is 9.99. The van der Waals surface area contributed by atoms with Crippen molar-refractivity contribution in [2.24, 2.45) is 0 Å². The molecule has 0 aliphatic carbocycles. The number of halogens is 3. The monoisotopic (exact) mass is 340 g/mol. The van der Waals surface area contributed by atoms with Crippen LogP contribution in [0.3, 0.4) is 0 Å². The topological polar surface area (TPSA) is 0 Å². The van der Waals surface area contributed by atoms with E-state index < -0.39 is 0 Å². The molecule has 0 aliphatic heterocycles. The molecule has 2 aromatic carbocycles. The summed E-state index contributed by atoms with van der Waals surface area (Å²) in [5.74, 6) is -0.140. The quantitative estimate of drug-likeness (QED) is 0.598. The zero-order valence-corrected chi connectivity index (χ0v) is 13.4. The van der Waals surface area contributed by atoms with Crippen molar-refractivity contribution in [1.82, 2.24) is 0 Å². The molecule has 2 aromatic rings. The predicted octanol–water partition coefficient (Wildman–Crippen LogP) is 5.89. The van der Waals surface area contributed by atoms with Gasteiger partial charge in [0.1, 0.15) is 5.82 Å². The Morgan fingerprint density at radius 3 is 2.16 bits per heavy atom. The average Bonchev–Trinajstić information content (AvgIpc) is 2.34. The third kappa shape index (κ3) is 3.01. The van der Waals surface area contributed by atoms with Gasteiger partial charge in [-0.1, -0.05) is 51.8 Å². The number of hydrogen-bond acceptors (Lipinski definition) is 0. The summed E-state index contributed by atoms with van der Waals surface area (Å²) in [4.78, 5) is -0.0291. The first-order chi connectivity index (χ1) is 8.90. The van der Waals surface area contributed by atoms with Gasteiger partial charge >= 0.3 is 0 Å². The van der Waals surface area contributed by atoms with Gasteiger partial charge in [0.25, 0.3) is 0 Å². The number of benzene rings is 2. The third-order valence-corrected chi connectivity index (χ3v) is 4.53. The van der Waals surface area contributed by atoms with Gasteiger partial charge in [0.2, 0.25) is 0 Å². The van der Waals surface area contributed by atoms with Gasteiger partial charge in [-0.15, -0.1) is 0 Å². The third-order valence-electron chi connectivity index (χ3n) is 3.18. The molecule has 19 heavy (non-hydrogen) atoms. The van der Waals surface area contributed by atoms with E-state index in [-0.39, 0.29) is 10.6 Å². The fourth-order valence-corrected chi connectivity index (χ4v) is 3.28. The molecule has 2 rings (SSSR count). The Hall–Kier alpha value is -0.860. The molecule has 0 aliphatic rings. The molecule has 1 atom stereocenters. The molecule has 0 nitrogen and oxygen atoms in total. The Morgan fingerprint density at radius 2 is 1.63 bits per heavy atom.